The van der Waals surface area contributed by atoms with E-state index in [4.69, 9.17) is 11.6 Å². The predicted octanol–water partition coefficient (Wildman–Crippen LogP) is 4.09. The molecule has 1 aliphatic heterocycles. The Hall–Kier alpha value is -1.21. The van der Waals surface area contributed by atoms with Gasteiger partial charge in [-0.3, -0.25) is 0 Å². The lowest BCUT2D eigenvalue weighted by atomic mass is 10.00. The summed E-state index contributed by atoms with van der Waals surface area (Å²) in [5.74, 6) is -0.970. The van der Waals surface area contributed by atoms with Crippen LogP contribution in [0.3, 0.4) is 0 Å². The van der Waals surface area contributed by atoms with Gasteiger partial charge in [0.1, 0.15) is 5.82 Å². The van der Waals surface area contributed by atoms with Crippen molar-refractivity contribution in [2.45, 2.75) is 18.6 Å². The quantitative estimate of drug-likeness (QED) is 0.786. The molecule has 0 aliphatic carbocycles. The summed E-state index contributed by atoms with van der Waals surface area (Å²) in [5.41, 5.74) is -1.36. The van der Waals surface area contributed by atoms with E-state index in [1.165, 1.54) is 0 Å². The van der Waals surface area contributed by atoms with Crippen molar-refractivity contribution in [2.75, 3.05) is 6.61 Å². The number of hydrogen-bond donors (Lipinski definition) is 1. The van der Waals surface area contributed by atoms with Gasteiger partial charge in [0.15, 0.2) is 0 Å². The number of halogens is 6. The normalized spacial score (nSPS) is 18.9. The lowest BCUT2D eigenvalue weighted by Gasteiger charge is -2.25. The molecule has 1 aliphatic rings. The second-order valence-corrected chi connectivity index (χ2v) is 4.39. The highest BCUT2D eigenvalue weighted by molar-refractivity contribution is 6.30. The first kappa shape index (κ1) is 16.8. The maximum Gasteiger partial charge on any atom is 0.416 e. The van der Waals surface area contributed by atoms with Crippen LogP contribution in [0.25, 0.3) is 0 Å². The van der Waals surface area contributed by atoms with Crippen molar-refractivity contribution in [2.24, 2.45) is 0 Å². The van der Waals surface area contributed by atoms with E-state index in [1.54, 1.807) is 0 Å². The number of benzene rings is 1. The average molecular weight is 334 g/mol. The number of rotatable bonds is 1. The zero-order valence-electron chi connectivity index (χ0n) is 9.76. The molecule has 1 N–H and O–H groups in total. The van der Waals surface area contributed by atoms with Crippen LogP contribution in [0.4, 0.5) is 22.4 Å². The average Bonchev–Trinajstić information content (AvgIpc) is 2.31. The van der Waals surface area contributed by atoms with Crippen LogP contribution in [0.5, 0.6) is 0 Å². The van der Waals surface area contributed by atoms with Crippen molar-refractivity contribution >= 4 is 30.1 Å². The van der Waals surface area contributed by atoms with Gasteiger partial charge in [0, 0.05) is 12.0 Å². The van der Waals surface area contributed by atoms with Crippen molar-refractivity contribution in [3.63, 3.8) is 0 Å². The summed E-state index contributed by atoms with van der Waals surface area (Å²) in [6.45, 7) is 0.00377. The Morgan fingerprint density at radius 3 is 2.55 bits per heavy atom. The van der Waals surface area contributed by atoms with Gasteiger partial charge in [-0.15, -0.1) is 12.4 Å². The van der Waals surface area contributed by atoms with Crippen LogP contribution in [0.15, 0.2) is 12.1 Å². The molecule has 0 saturated carbocycles. The highest BCUT2D eigenvalue weighted by Crippen LogP contribution is 2.36. The zero-order chi connectivity index (χ0) is 14.2. The summed E-state index contributed by atoms with van der Waals surface area (Å²) in [7, 11) is 0. The Morgan fingerprint density at radius 1 is 1.35 bits per heavy atom. The van der Waals surface area contributed by atoms with Crippen LogP contribution >= 0.6 is 24.0 Å². The molecule has 1 aromatic rings. The summed E-state index contributed by atoms with van der Waals surface area (Å²) in [6.07, 6.45) is -5.27. The Labute approximate surface area is 122 Å². The number of cyclic esters (lactones) is 1. The maximum atomic E-state index is 13.8. The molecule has 0 bridgehead atoms. The van der Waals surface area contributed by atoms with Crippen LogP contribution in [0.1, 0.15) is 23.6 Å². The van der Waals surface area contributed by atoms with E-state index in [2.05, 4.69) is 10.1 Å². The molecular weight excluding hydrogens is 325 g/mol. The van der Waals surface area contributed by atoms with E-state index in [0.717, 1.165) is 0 Å². The summed E-state index contributed by atoms with van der Waals surface area (Å²) in [6, 6.07) is 0.278. The minimum absolute atomic E-state index is 0. The molecule has 1 atom stereocenters. The molecule has 1 saturated heterocycles. The first-order valence-corrected chi connectivity index (χ1v) is 5.66. The van der Waals surface area contributed by atoms with Gasteiger partial charge in [-0.05, 0) is 12.1 Å². The van der Waals surface area contributed by atoms with Crippen LogP contribution in [-0.4, -0.2) is 12.7 Å². The van der Waals surface area contributed by atoms with E-state index in [0.29, 0.717) is 12.1 Å². The molecule has 1 fully saturated rings. The van der Waals surface area contributed by atoms with E-state index in [1.807, 2.05) is 0 Å². The number of nitrogens with one attached hydrogen (secondary N) is 1. The molecule has 0 aromatic heterocycles. The third-order valence-corrected chi connectivity index (χ3v) is 2.97. The second kappa shape index (κ2) is 6.05. The predicted molar refractivity (Wildman–Crippen MR) is 65.5 cm³/mol. The second-order valence-electron chi connectivity index (χ2n) is 3.98. The summed E-state index contributed by atoms with van der Waals surface area (Å²) in [4.78, 5) is 11.0. The molecule has 3 nitrogen and oxygen atoms in total. The highest BCUT2D eigenvalue weighted by atomic mass is 35.5. The van der Waals surface area contributed by atoms with E-state index >= 15 is 0 Å². The molecule has 1 amide bonds. The lowest BCUT2D eigenvalue weighted by Crippen LogP contribution is -2.35. The summed E-state index contributed by atoms with van der Waals surface area (Å²) in [5, 5.41) is 1.62. The van der Waals surface area contributed by atoms with Gasteiger partial charge in [-0.25, -0.2) is 9.18 Å². The first-order valence-electron chi connectivity index (χ1n) is 5.28. The Bertz CT molecular complexity index is 522. The Balaban J connectivity index is 0.00000200. The Kier molecular flexibility index (Phi) is 5.10. The van der Waals surface area contributed by atoms with Gasteiger partial charge in [-0.1, -0.05) is 11.6 Å². The topological polar surface area (TPSA) is 38.3 Å². The van der Waals surface area contributed by atoms with Crippen molar-refractivity contribution in [1.29, 1.82) is 0 Å². The van der Waals surface area contributed by atoms with Gasteiger partial charge >= 0.3 is 12.3 Å². The number of alkyl halides is 3. The van der Waals surface area contributed by atoms with Crippen LogP contribution in [-0.2, 0) is 10.9 Å². The number of hydrogen-bond acceptors (Lipinski definition) is 2. The number of carbonyl (C=O) groups is 1. The van der Waals surface area contributed by atoms with Crippen molar-refractivity contribution in [3.8, 4) is 0 Å². The van der Waals surface area contributed by atoms with Crippen LogP contribution in [0, 0.1) is 5.82 Å². The SMILES string of the molecule is Cl.O=C1N[C@H](c2cc(C(F)(F)F)cc(Cl)c2F)CCO1. The third kappa shape index (κ3) is 3.46. The van der Waals surface area contributed by atoms with Gasteiger partial charge < -0.3 is 10.1 Å². The largest absolute Gasteiger partial charge is 0.449 e. The molecule has 0 radical (unpaired) electrons. The molecule has 2 rings (SSSR count). The number of carbonyl (C=O) groups excluding carboxylic acids is 1. The number of amides is 1. The molecule has 20 heavy (non-hydrogen) atoms. The zero-order valence-corrected chi connectivity index (χ0v) is 11.3. The van der Waals surface area contributed by atoms with Gasteiger partial charge in [0.25, 0.3) is 0 Å². The molecule has 0 unspecified atom stereocenters. The van der Waals surface area contributed by atoms with Gasteiger partial charge in [0.2, 0.25) is 0 Å². The summed E-state index contributed by atoms with van der Waals surface area (Å²) >= 11 is 5.46. The monoisotopic (exact) mass is 333 g/mol. The van der Waals surface area contributed by atoms with Crippen LogP contribution in [0.2, 0.25) is 5.02 Å². The standard InChI is InChI=1S/C11H8ClF4NO2.ClH/c12-7-4-5(11(14,15)16)3-6(9(7)13)8-1-2-19-10(18)17-8;/h3-4,8H,1-2H2,(H,17,18);1H/t8-;/m0./s1. The van der Waals surface area contributed by atoms with Gasteiger partial charge in [0.05, 0.1) is 23.2 Å². The molecule has 0 spiro atoms. The maximum absolute atomic E-state index is 13.8. The number of ether oxygens (including phenoxy) is 1. The molecule has 1 heterocycles. The van der Waals surface area contributed by atoms with E-state index in [9.17, 15) is 22.4 Å². The van der Waals surface area contributed by atoms with Crippen molar-refractivity contribution in [3.05, 3.63) is 34.1 Å². The highest BCUT2D eigenvalue weighted by Gasteiger charge is 2.34. The van der Waals surface area contributed by atoms with Crippen molar-refractivity contribution in [1.82, 2.24) is 5.32 Å². The minimum atomic E-state index is -4.64. The smallest absolute Gasteiger partial charge is 0.416 e. The molecule has 1 aromatic carbocycles. The van der Waals surface area contributed by atoms with E-state index < -0.39 is 34.7 Å². The molecule has 9 heteroatoms. The first-order chi connectivity index (χ1) is 8.79. The number of alkyl carbamates (subject to hydrolysis) is 1. The van der Waals surface area contributed by atoms with Crippen LogP contribution < -0.4 is 5.32 Å². The van der Waals surface area contributed by atoms with Crippen molar-refractivity contribution < 1.29 is 27.1 Å². The third-order valence-electron chi connectivity index (χ3n) is 2.69. The minimum Gasteiger partial charge on any atom is -0.449 e. The molecular formula is C11H9Cl2F4NO2. The van der Waals surface area contributed by atoms with Gasteiger partial charge in [-0.2, -0.15) is 13.2 Å². The summed E-state index contributed by atoms with van der Waals surface area (Å²) < 4.78 is 56.3. The van der Waals surface area contributed by atoms with E-state index in [-0.39, 0.29) is 31.0 Å². The fourth-order valence-electron chi connectivity index (χ4n) is 1.79. The fraction of sp³-hybridized carbons (Fsp3) is 0.364. The fourth-order valence-corrected chi connectivity index (χ4v) is 2.01. The lowest BCUT2D eigenvalue weighted by molar-refractivity contribution is -0.137. The molecule has 112 valence electrons. The Morgan fingerprint density at radius 2 is 2.00 bits per heavy atom.